The lowest BCUT2D eigenvalue weighted by Crippen LogP contribution is -2.35. The molecule has 7 heteroatoms. The quantitative estimate of drug-likeness (QED) is 0.856. The number of amides is 1. The van der Waals surface area contributed by atoms with Crippen LogP contribution >= 0.6 is 15.9 Å². The van der Waals surface area contributed by atoms with Crippen LogP contribution in [-0.4, -0.2) is 40.5 Å². The number of carbonyl (C=O) groups excluding carboxylic acids is 1. The first kappa shape index (κ1) is 15.3. The fraction of sp³-hybridized carbons (Fsp3) is 0.538. The topological polar surface area (TPSA) is 53.4 Å². The second-order valence-corrected chi connectivity index (χ2v) is 5.75. The Morgan fingerprint density at radius 3 is 2.85 bits per heavy atom. The fourth-order valence-electron chi connectivity index (χ4n) is 2.16. The van der Waals surface area contributed by atoms with Crippen LogP contribution in [0.4, 0.5) is 8.78 Å². The van der Waals surface area contributed by atoms with Crippen LogP contribution in [0, 0.1) is 11.8 Å². The molecule has 0 bridgehead atoms. The molecule has 1 aliphatic carbocycles. The van der Waals surface area contributed by atoms with Crippen LogP contribution in [0.5, 0.6) is 0 Å². The van der Waals surface area contributed by atoms with Crippen LogP contribution in [0.1, 0.15) is 12.0 Å². The Hall–Kier alpha value is -1.08. The predicted molar refractivity (Wildman–Crippen MR) is 72.0 cm³/mol. The highest BCUT2D eigenvalue weighted by Crippen LogP contribution is 2.44. The van der Waals surface area contributed by atoms with Gasteiger partial charge in [0.2, 0.25) is 12.3 Å². The minimum atomic E-state index is -2.45. The highest BCUT2D eigenvalue weighted by atomic mass is 79.9. The molecule has 1 aromatic rings. The van der Waals surface area contributed by atoms with Crippen molar-refractivity contribution in [3.8, 4) is 0 Å². The van der Waals surface area contributed by atoms with Gasteiger partial charge in [0.05, 0.1) is 6.61 Å². The summed E-state index contributed by atoms with van der Waals surface area (Å²) in [5.74, 6) is -1.75. The number of aliphatic hydroxyl groups is 1. The highest BCUT2D eigenvalue weighted by molar-refractivity contribution is 9.10. The summed E-state index contributed by atoms with van der Waals surface area (Å²) in [6.07, 6.45) is 1.01. The van der Waals surface area contributed by atoms with E-state index in [1.807, 2.05) is 6.07 Å². The number of hydrogen-bond acceptors (Lipinski definition) is 3. The molecule has 1 saturated carbocycles. The summed E-state index contributed by atoms with van der Waals surface area (Å²) in [5, 5.41) is 9.03. The molecule has 2 atom stereocenters. The Morgan fingerprint density at radius 1 is 1.55 bits per heavy atom. The number of carbonyl (C=O) groups is 1. The van der Waals surface area contributed by atoms with E-state index in [1.54, 1.807) is 12.4 Å². The number of nitrogens with zero attached hydrogens (tertiary/aromatic N) is 2. The van der Waals surface area contributed by atoms with Crippen molar-refractivity contribution in [3.63, 3.8) is 0 Å². The Morgan fingerprint density at radius 2 is 2.30 bits per heavy atom. The molecule has 2 rings (SSSR count). The molecule has 0 aliphatic heterocycles. The largest absolute Gasteiger partial charge is 0.395 e. The van der Waals surface area contributed by atoms with Crippen LogP contribution in [-0.2, 0) is 11.3 Å². The molecular weight excluding hydrogens is 334 g/mol. The van der Waals surface area contributed by atoms with Crippen LogP contribution in [0.15, 0.2) is 22.9 Å². The first-order valence-corrected chi connectivity index (χ1v) is 7.09. The molecule has 1 aromatic heterocycles. The number of halogens is 3. The molecule has 0 spiro atoms. The van der Waals surface area contributed by atoms with E-state index < -0.39 is 18.3 Å². The molecule has 110 valence electrons. The normalized spacial score (nSPS) is 21.1. The van der Waals surface area contributed by atoms with Crippen molar-refractivity contribution < 1.29 is 18.7 Å². The van der Waals surface area contributed by atoms with Gasteiger partial charge in [0.1, 0.15) is 0 Å². The molecule has 1 amide bonds. The Labute approximate surface area is 123 Å². The van der Waals surface area contributed by atoms with Crippen LogP contribution in [0.25, 0.3) is 0 Å². The summed E-state index contributed by atoms with van der Waals surface area (Å²) in [5.41, 5.74) is 0.787. The first-order valence-electron chi connectivity index (χ1n) is 6.30. The van der Waals surface area contributed by atoms with Crippen molar-refractivity contribution >= 4 is 21.8 Å². The van der Waals surface area contributed by atoms with Crippen molar-refractivity contribution in [1.29, 1.82) is 0 Å². The smallest absolute Gasteiger partial charge is 0.242 e. The summed E-state index contributed by atoms with van der Waals surface area (Å²) in [6.45, 7) is 0.204. The molecule has 0 saturated heterocycles. The zero-order valence-corrected chi connectivity index (χ0v) is 12.3. The van der Waals surface area contributed by atoms with E-state index in [1.165, 1.54) is 4.90 Å². The zero-order valence-electron chi connectivity index (χ0n) is 10.7. The van der Waals surface area contributed by atoms with Crippen LogP contribution in [0.3, 0.4) is 0 Å². The van der Waals surface area contributed by atoms with Gasteiger partial charge in [-0.05, 0) is 34.0 Å². The van der Waals surface area contributed by atoms with Gasteiger partial charge >= 0.3 is 0 Å². The molecule has 1 fully saturated rings. The third kappa shape index (κ3) is 3.73. The molecule has 0 aromatic carbocycles. The summed E-state index contributed by atoms with van der Waals surface area (Å²) in [4.78, 5) is 17.6. The number of alkyl halides is 2. The number of aromatic nitrogens is 1. The number of hydrogen-bond donors (Lipinski definition) is 1. The van der Waals surface area contributed by atoms with Gasteiger partial charge in [0.15, 0.2) is 0 Å². The van der Waals surface area contributed by atoms with Gasteiger partial charge in [-0.1, -0.05) is 0 Å². The first-order chi connectivity index (χ1) is 9.52. The highest BCUT2D eigenvalue weighted by Gasteiger charge is 2.50. The van der Waals surface area contributed by atoms with E-state index in [9.17, 15) is 13.6 Å². The SMILES string of the molecule is O=C([C@H]1C[C@@H]1C(F)F)N(CCO)Cc1cncc(Br)c1. The standard InChI is InChI=1S/C13H15BrF2N2O2/c14-9-3-8(5-17-6-9)7-18(1-2-19)13(20)11-4-10(11)12(15)16/h3,5-6,10-12,19H,1-2,4,7H2/t10-,11-/m0/s1. The van der Waals surface area contributed by atoms with Crippen molar-refractivity contribution in [1.82, 2.24) is 9.88 Å². The van der Waals surface area contributed by atoms with E-state index >= 15 is 0 Å². The monoisotopic (exact) mass is 348 g/mol. The molecule has 0 radical (unpaired) electrons. The van der Waals surface area contributed by atoms with E-state index in [2.05, 4.69) is 20.9 Å². The Bertz CT molecular complexity index is 487. The van der Waals surface area contributed by atoms with Gasteiger partial charge < -0.3 is 10.0 Å². The molecule has 1 aliphatic rings. The van der Waals surface area contributed by atoms with E-state index in [0.717, 1.165) is 10.0 Å². The van der Waals surface area contributed by atoms with Gasteiger partial charge in [-0.15, -0.1) is 0 Å². The summed E-state index contributed by atoms with van der Waals surface area (Å²) >= 11 is 3.28. The van der Waals surface area contributed by atoms with Gasteiger partial charge in [-0.25, -0.2) is 8.78 Å². The summed E-state index contributed by atoms with van der Waals surface area (Å²) in [6, 6.07) is 1.81. The molecule has 4 nitrogen and oxygen atoms in total. The van der Waals surface area contributed by atoms with Crippen molar-refractivity contribution in [2.24, 2.45) is 11.8 Å². The van der Waals surface area contributed by atoms with Gasteiger partial charge in [-0.2, -0.15) is 0 Å². The van der Waals surface area contributed by atoms with Gasteiger partial charge in [0.25, 0.3) is 0 Å². The third-order valence-electron chi connectivity index (χ3n) is 3.30. The molecule has 0 unspecified atom stereocenters. The predicted octanol–water partition coefficient (Wildman–Crippen LogP) is 2.07. The third-order valence-corrected chi connectivity index (χ3v) is 3.73. The van der Waals surface area contributed by atoms with E-state index in [-0.39, 0.29) is 32.0 Å². The molecule has 1 heterocycles. The maximum Gasteiger partial charge on any atom is 0.242 e. The lowest BCUT2D eigenvalue weighted by molar-refractivity contribution is -0.134. The number of rotatable bonds is 6. The lowest BCUT2D eigenvalue weighted by atomic mass is 10.2. The molecular formula is C13H15BrF2N2O2. The minimum absolute atomic E-state index is 0.137. The Balaban J connectivity index is 2.02. The zero-order chi connectivity index (χ0) is 14.7. The second kappa shape index (κ2) is 6.58. The molecule has 1 N–H and O–H groups in total. The average Bonchev–Trinajstić information content (AvgIpc) is 3.18. The number of pyridine rings is 1. The summed E-state index contributed by atoms with van der Waals surface area (Å²) in [7, 11) is 0. The fourth-order valence-corrected chi connectivity index (χ4v) is 2.57. The molecule has 20 heavy (non-hydrogen) atoms. The van der Waals surface area contributed by atoms with Crippen LogP contribution in [0.2, 0.25) is 0 Å². The van der Waals surface area contributed by atoms with Gasteiger partial charge in [-0.3, -0.25) is 9.78 Å². The maximum atomic E-state index is 12.5. The second-order valence-electron chi connectivity index (χ2n) is 4.84. The van der Waals surface area contributed by atoms with E-state index in [0.29, 0.717) is 0 Å². The van der Waals surface area contributed by atoms with Gasteiger partial charge in [0, 0.05) is 41.8 Å². The minimum Gasteiger partial charge on any atom is -0.395 e. The van der Waals surface area contributed by atoms with Crippen molar-refractivity contribution in [2.45, 2.75) is 19.4 Å². The summed E-state index contributed by atoms with van der Waals surface area (Å²) < 4.78 is 25.8. The number of aliphatic hydroxyl groups excluding tert-OH is 1. The Kier molecular flexibility index (Phi) is 5.04. The lowest BCUT2D eigenvalue weighted by Gasteiger charge is -2.22. The van der Waals surface area contributed by atoms with Crippen LogP contribution < -0.4 is 0 Å². The average molecular weight is 349 g/mol. The van der Waals surface area contributed by atoms with Crippen molar-refractivity contribution in [3.05, 3.63) is 28.5 Å². The maximum absolute atomic E-state index is 12.5. The van der Waals surface area contributed by atoms with E-state index in [4.69, 9.17) is 5.11 Å². The van der Waals surface area contributed by atoms with Crippen molar-refractivity contribution in [2.75, 3.05) is 13.2 Å².